The van der Waals surface area contributed by atoms with Crippen LogP contribution in [-0.2, 0) is 5.41 Å². The number of hydrogen-bond donors (Lipinski definition) is 0. The first kappa shape index (κ1) is 10.3. The molecule has 0 saturated heterocycles. The lowest BCUT2D eigenvalue weighted by Gasteiger charge is -2.20. The number of aromatic nitrogens is 2. The van der Waals surface area contributed by atoms with Crippen LogP contribution < -0.4 is 4.74 Å². The highest BCUT2D eigenvalue weighted by Crippen LogP contribution is 2.32. The van der Waals surface area contributed by atoms with E-state index in [1.54, 1.807) is 7.11 Å². The maximum Gasteiger partial charge on any atom is 0.178 e. The Balaban J connectivity index is 3.29. The molecule has 0 aliphatic heterocycles. The molecule has 0 bridgehead atoms. The van der Waals surface area contributed by atoms with Crippen molar-refractivity contribution in [3.63, 3.8) is 0 Å². The van der Waals surface area contributed by atoms with E-state index >= 15 is 0 Å². The van der Waals surface area contributed by atoms with Gasteiger partial charge in [-0.3, -0.25) is 0 Å². The molecule has 72 valence electrons. The standard InChI is InChI=1S/C9H13ClN2O/c1-9(2,3)7-6(13-4)8(10)12-5-11-7/h5H,1-4H3. The normalized spacial score (nSPS) is 11.5. The largest absolute Gasteiger partial charge is 0.492 e. The van der Waals surface area contributed by atoms with Crippen molar-refractivity contribution < 1.29 is 4.74 Å². The van der Waals surface area contributed by atoms with Gasteiger partial charge in [-0.1, -0.05) is 32.4 Å². The fraction of sp³-hybridized carbons (Fsp3) is 0.556. The average Bonchev–Trinajstić information content (AvgIpc) is 2.02. The fourth-order valence-electron chi connectivity index (χ4n) is 1.07. The van der Waals surface area contributed by atoms with Crippen molar-refractivity contribution in [1.29, 1.82) is 0 Å². The Bertz CT molecular complexity index is 307. The lowest BCUT2D eigenvalue weighted by Crippen LogP contribution is -2.15. The van der Waals surface area contributed by atoms with Crippen LogP contribution >= 0.6 is 11.6 Å². The molecule has 1 rings (SSSR count). The van der Waals surface area contributed by atoms with Gasteiger partial charge in [-0.15, -0.1) is 0 Å². The Morgan fingerprint density at radius 2 is 1.92 bits per heavy atom. The number of rotatable bonds is 1. The predicted octanol–water partition coefficient (Wildman–Crippen LogP) is 2.44. The molecule has 0 aliphatic carbocycles. The van der Waals surface area contributed by atoms with Gasteiger partial charge in [0.1, 0.15) is 6.33 Å². The lowest BCUT2D eigenvalue weighted by molar-refractivity contribution is 0.389. The van der Waals surface area contributed by atoms with E-state index in [-0.39, 0.29) is 5.41 Å². The van der Waals surface area contributed by atoms with E-state index in [2.05, 4.69) is 9.97 Å². The van der Waals surface area contributed by atoms with Gasteiger partial charge in [0.15, 0.2) is 10.9 Å². The Labute approximate surface area is 83.1 Å². The number of halogens is 1. The summed E-state index contributed by atoms with van der Waals surface area (Å²) >= 11 is 5.86. The van der Waals surface area contributed by atoms with E-state index in [1.165, 1.54) is 6.33 Å². The molecule has 4 heteroatoms. The number of nitrogens with zero attached hydrogens (tertiary/aromatic N) is 2. The molecule has 0 radical (unpaired) electrons. The summed E-state index contributed by atoms with van der Waals surface area (Å²) in [5.74, 6) is 0.566. The Hall–Kier alpha value is -0.830. The van der Waals surface area contributed by atoms with E-state index in [0.29, 0.717) is 10.9 Å². The van der Waals surface area contributed by atoms with Gasteiger partial charge in [0, 0.05) is 5.41 Å². The first-order valence-electron chi connectivity index (χ1n) is 4.01. The van der Waals surface area contributed by atoms with Crippen molar-refractivity contribution in [3.05, 3.63) is 17.2 Å². The van der Waals surface area contributed by atoms with Gasteiger partial charge in [-0.2, -0.15) is 0 Å². The number of ether oxygens (including phenoxy) is 1. The highest BCUT2D eigenvalue weighted by atomic mass is 35.5. The molecule has 0 saturated carbocycles. The highest BCUT2D eigenvalue weighted by Gasteiger charge is 2.22. The molecule has 0 fully saturated rings. The van der Waals surface area contributed by atoms with Crippen LogP contribution in [0.25, 0.3) is 0 Å². The summed E-state index contributed by atoms with van der Waals surface area (Å²) in [7, 11) is 1.57. The smallest absolute Gasteiger partial charge is 0.178 e. The Morgan fingerprint density at radius 1 is 1.31 bits per heavy atom. The molecule has 13 heavy (non-hydrogen) atoms. The Kier molecular flexibility index (Phi) is 2.76. The molecule has 0 aliphatic rings. The third-order valence-electron chi connectivity index (χ3n) is 1.67. The van der Waals surface area contributed by atoms with Crippen LogP contribution in [0.15, 0.2) is 6.33 Å². The maximum atomic E-state index is 5.86. The van der Waals surface area contributed by atoms with Crippen LogP contribution in [0.1, 0.15) is 26.5 Å². The summed E-state index contributed by atoms with van der Waals surface area (Å²) in [6.07, 6.45) is 1.45. The first-order valence-corrected chi connectivity index (χ1v) is 4.39. The van der Waals surface area contributed by atoms with Crippen LogP contribution in [0.4, 0.5) is 0 Å². The monoisotopic (exact) mass is 200 g/mol. The molecule has 1 aromatic rings. The van der Waals surface area contributed by atoms with Gasteiger partial charge in [-0.05, 0) is 0 Å². The van der Waals surface area contributed by atoms with Crippen LogP contribution in [0.2, 0.25) is 5.15 Å². The van der Waals surface area contributed by atoms with Gasteiger partial charge in [0.2, 0.25) is 0 Å². The fourth-order valence-corrected chi connectivity index (χ4v) is 1.28. The minimum Gasteiger partial charge on any atom is -0.492 e. The third kappa shape index (κ3) is 2.10. The van der Waals surface area contributed by atoms with E-state index in [4.69, 9.17) is 16.3 Å². The lowest BCUT2D eigenvalue weighted by atomic mass is 9.91. The van der Waals surface area contributed by atoms with Crippen LogP contribution in [0.3, 0.4) is 0 Å². The minimum atomic E-state index is -0.0854. The SMILES string of the molecule is COc1c(Cl)ncnc1C(C)(C)C. The molecule has 0 spiro atoms. The quantitative estimate of drug-likeness (QED) is 0.654. The summed E-state index contributed by atoms with van der Waals surface area (Å²) in [5, 5.41) is 0.363. The van der Waals surface area contributed by atoms with Crippen molar-refractivity contribution in [2.24, 2.45) is 0 Å². The summed E-state index contributed by atoms with van der Waals surface area (Å²) in [4.78, 5) is 8.01. The van der Waals surface area contributed by atoms with Gasteiger partial charge < -0.3 is 4.74 Å². The van der Waals surface area contributed by atoms with Crippen molar-refractivity contribution >= 4 is 11.6 Å². The molecular weight excluding hydrogens is 188 g/mol. The van der Waals surface area contributed by atoms with Crippen LogP contribution in [0.5, 0.6) is 5.75 Å². The van der Waals surface area contributed by atoms with Crippen molar-refractivity contribution in [2.75, 3.05) is 7.11 Å². The van der Waals surface area contributed by atoms with E-state index < -0.39 is 0 Å². The second-order valence-corrected chi connectivity index (χ2v) is 4.15. The predicted molar refractivity (Wildman–Crippen MR) is 52.3 cm³/mol. The highest BCUT2D eigenvalue weighted by molar-refractivity contribution is 6.30. The molecule has 0 N–H and O–H groups in total. The second kappa shape index (κ2) is 3.50. The topological polar surface area (TPSA) is 35.0 Å². The molecule has 0 unspecified atom stereocenters. The summed E-state index contributed by atoms with van der Waals surface area (Å²) in [5.41, 5.74) is 0.743. The van der Waals surface area contributed by atoms with Crippen molar-refractivity contribution in [3.8, 4) is 5.75 Å². The second-order valence-electron chi connectivity index (χ2n) is 3.80. The van der Waals surface area contributed by atoms with Crippen LogP contribution in [0, 0.1) is 0 Å². The van der Waals surface area contributed by atoms with Crippen molar-refractivity contribution in [1.82, 2.24) is 9.97 Å². The molecule has 1 heterocycles. The van der Waals surface area contributed by atoms with Gasteiger partial charge in [-0.25, -0.2) is 9.97 Å². The zero-order chi connectivity index (χ0) is 10.1. The first-order chi connectivity index (χ1) is 5.96. The molecule has 1 aromatic heterocycles. The molecule has 0 amide bonds. The summed E-state index contributed by atoms with van der Waals surface area (Å²) < 4.78 is 5.15. The Morgan fingerprint density at radius 3 is 2.31 bits per heavy atom. The molecule has 0 atom stereocenters. The summed E-state index contributed by atoms with van der Waals surface area (Å²) in [6, 6.07) is 0. The molecular formula is C9H13ClN2O. The molecule has 0 aromatic carbocycles. The van der Waals surface area contributed by atoms with Gasteiger partial charge >= 0.3 is 0 Å². The summed E-state index contributed by atoms with van der Waals surface area (Å²) in [6.45, 7) is 6.15. The zero-order valence-corrected chi connectivity index (χ0v) is 9.01. The van der Waals surface area contributed by atoms with Gasteiger partial charge in [0.05, 0.1) is 12.8 Å². The minimum absolute atomic E-state index is 0.0854. The average molecular weight is 201 g/mol. The third-order valence-corrected chi connectivity index (χ3v) is 1.94. The zero-order valence-electron chi connectivity index (χ0n) is 8.26. The maximum absolute atomic E-state index is 5.86. The van der Waals surface area contributed by atoms with E-state index in [9.17, 15) is 0 Å². The van der Waals surface area contributed by atoms with E-state index in [0.717, 1.165) is 5.69 Å². The van der Waals surface area contributed by atoms with Crippen molar-refractivity contribution in [2.45, 2.75) is 26.2 Å². The van der Waals surface area contributed by atoms with Gasteiger partial charge in [0.25, 0.3) is 0 Å². The number of hydrogen-bond acceptors (Lipinski definition) is 3. The van der Waals surface area contributed by atoms with E-state index in [1.807, 2.05) is 20.8 Å². The number of methoxy groups -OCH3 is 1. The van der Waals surface area contributed by atoms with Crippen LogP contribution in [-0.4, -0.2) is 17.1 Å². The molecule has 3 nitrogen and oxygen atoms in total.